The maximum Gasteiger partial charge on any atom is 0.306 e. The normalized spacial score (nSPS) is 17.4. The molecule has 1 aliphatic carbocycles. The van der Waals surface area contributed by atoms with Gasteiger partial charge in [0.15, 0.2) is 0 Å². The monoisotopic (exact) mass is 520 g/mol. The number of nitrogens with one attached hydrogen (secondary N) is 2. The van der Waals surface area contributed by atoms with Crippen molar-refractivity contribution >= 4 is 34.3 Å². The Morgan fingerprint density at radius 3 is 2.81 bits per heavy atom. The summed E-state index contributed by atoms with van der Waals surface area (Å²) in [5.41, 5.74) is 3.84. The molecular weight excluding hydrogens is 492 g/mol. The largest absolute Gasteiger partial charge is 0.489 e. The van der Waals surface area contributed by atoms with E-state index in [1.54, 1.807) is 4.68 Å². The molecule has 1 saturated carbocycles. The number of rotatable bonds is 9. The quantitative estimate of drug-likeness (QED) is 0.291. The number of hydrogen-bond acceptors (Lipinski definition) is 10. The highest BCUT2D eigenvalue weighted by Crippen LogP contribution is 2.30. The molecule has 0 saturated heterocycles. The third-order valence-corrected chi connectivity index (χ3v) is 6.99. The average molecular weight is 521 g/mol. The summed E-state index contributed by atoms with van der Waals surface area (Å²) in [7, 11) is 1.83. The number of benzene rings is 1. The van der Waals surface area contributed by atoms with E-state index in [1.165, 1.54) is 11.5 Å². The number of aromatic nitrogens is 6. The van der Waals surface area contributed by atoms with Gasteiger partial charge in [0.05, 0.1) is 35.6 Å². The van der Waals surface area contributed by atoms with Crippen LogP contribution < -0.4 is 15.4 Å². The summed E-state index contributed by atoms with van der Waals surface area (Å²) < 4.78 is 12.2. The van der Waals surface area contributed by atoms with Gasteiger partial charge in [0.1, 0.15) is 11.4 Å². The first-order chi connectivity index (χ1) is 18.0. The number of carboxylic acid groups (broad SMARTS) is 1. The van der Waals surface area contributed by atoms with Crippen LogP contribution in [0.1, 0.15) is 37.1 Å². The molecule has 1 aromatic carbocycles. The van der Waals surface area contributed by atoms with Crippen molar-refractivity contribution in [1.82, 2.24) is 29.3 Å². The summed E-state index contributed by atoms with van der Waals surface area (Å²) in [6.07, 6.45) is 2.79. The highest BCUT2D eigenvalue weighted by Gasteiger charge is 2.28. The molecule has 11 nitrogen and oxygen atoms in total. The summed E-state index contributed by atoms with van der Waals surface area (Å²) in [4.78, 5) is 20.6. The van der Waals surface area contributed by atoms with Crippen LogP contribution in [0.3, 0.4) is 0 Å². The first kappa shape index (κ1) is 24.6. The number of ether oxygens (including phenoxy) is 1. The second kappa shape index (κ2) is 10.9. The smallest absolute Gasteiger partial charge is 0.306 e. The van der Waals surface area contributed by atoms with E-state index in [0.717, 1.165) is 29.9 Å². The summed E-state index contributed by atoms with van der Waals surface area (Å²) in [5, 5.41) is 25.0. The van der Waals surface area contributed by atoms with E-state index in [0.29, 0.717) is 47.6 Å². The number of anilines is 3. The molecule has 2 atom stereocenters. The Bertz CT molecular complexity index is 1370. The lowest BCUT2D eigenvalue weighted by Gasteiger charge is -2.27. The predicted molar refractivity (Wildman–Crippen MR) is 140 cm³/mol. The number of hydrogen-bond donors (Lipinski definition) is 3. The van der Waals surface area contributed by atoms with Crippen molar-refractivity contribution in [2.24, 2.45) is 13.0 Å². The van der Waals surface area contributed by atoms with Crippen molar-refractivity contribution in [1.29, 1.82) is 0 Å². The zero-order chi connectivity index (χ0) is 25.8. The van der Waals surface area contributed by atoms with Crippen LogP contribution in [0.2, 0.25) is 0 Å². The molecule has 0 unspecified atom stereocenters. The van der Waals surface area contributed by atoms with Gasteiger partial charge in [0.2, 0.25) is 11.1 Å². The van der Waals surface area contributed by atoms with Gasteiger partial charge in [-0.25, -0.2) is 9.67 Å². The van der Waals surface area contributed by atoms with E-state index < -0.39 is 5.97 Å². The molecule has 12 heteroatoms. The molecule has 0 radical (unpaired) electrons. The number of aliphatic carboxylic acids is 1. The molecule has 0 bridgehead atoms. The van der Waals surface area contributed by atoms with Crippen molar-refractivity contribution in [3.8, 4) is 17.1 Å². The van der Waals surface area contributed by atoms with Gasteiger partial charge in [-0.1, -0.05) is 23.4 Å². The number of pyridine rings is 1. The van der Waals surface area contributed by atoms with E-state index >= 15 is 0 Å². The van der Waals surface area contributed by atoms with Crippen LogP contribution in [0.15, 0.2) is 42.5 Å². The highest BCUT2D eigenvalue weighted by molar-refractivity contribution is 7.10. The minimum Gasteiger partial charge on any atom is -0.489 e. The molecule has 0 aliphatic heterocycles. The molecule has 0 amide bonds. The van der Waals surface area contributed by atoms with Gasteiger partial charge < -0.3 is 20.5 Å². The fraction of sp³-hybridized carbons (Fsp3) is 0.360. The van der Waals surface area contributed by atoms with E-state index in [1.807, 2.05) is 56.4 Å². The number of carboxylic acids is 1. The highest BCUT2D eigenvalue weighted by atomic mass is 32.1. The van der Waals surface area contributed by atoms with Gasteiger partial charge in [0.25, 0.3) is 0 Å². The van der Waals surface area contributed by atoms with Crippen molar-refractivity contribution in [2.75, 3.05) is 10.6 Å². The van der Waals surface area contributed by atoms with E-state index in [4.69, 9.17) is 9.72 Å². The van der Waals surface area contributed by atoms with Crippen LogP contribution >= 0.6 is 11.5 Å². The lowest BCUT2D eigenvalue weighted by atomic mass is 9.87. The summed E-state index contributed by atoms with van der Waals surface area (Å²) >= 11 is 1.27. The standard InChI is InChI=1S/C25H28N8O3S/c1-15-21(36-18-10-6-7-16(13-18)23(34)35)12-11-19(27-15)22-20(33(2)32-30-22)14-26-24-29-25(37-31-24)28-17-8-4-3-5-9-17/h3-5,8-9,11-12,16,18H,6-7,10,13-14H2,1-2H3,(H,34,35)(H2,26,28,29,31)/t16-,18-/m0/s1. The average Bonchev–Trinajstić information content (AvgIpc) is 3.50. The van der Waals surface area contributed by atoms with Gasteiger partial charge in [-0.3, -0.25) is 4.79 Å². The van der Waals surface area contributed by atoms with Crippen molar-refractivity contribution in [2.45, 2.75) is 45.3 Å². The molecule has 37 heavy (non-hydrogen) atoms. The molecule has 0 spiro atoms. The van der Waals surface area contributed by atoms with E-state index in [9.17, 15) is 9.90 Å². The van der Waals surface area contributed by atoms with Crippen molar-refractivity contribution < 1.29 is 14.6 Å². The van der Waals surface area contributed by atoms with Crippen LogP contribution in [-0.2, 0) is 18.4 Å². The van der Waals surface area contributed by atoms with Crippen molar-refractivity contribution in [3.05, 3.63) is 53.9 Å². The molecule has 4 aromatic rings. The number of para-hydroxylation sites is 1. The third kappa shape index (κ3) is 5.85. The molecule has 3 aromatic heterocycles. The Kier molecular flexibility index (Phi) is 7.26. The second-order valence-electron chi connectivity index (χ2n) is 9.00. The first-order valence-electron chi connectivity index (χ1n) is 12.1. The minimum atomic E-state index is -0.751. The Labute approximate surface area is 218 Å². The topological polar surface area (TPSA) is 140 Å². The fourth-order valence-electron chi connectivity index (χ4n) is 4.39. The Hall–Kier alpha value is -4.06. The molecular formula is C25H28N8O3S. The van der Waals surface area contributed by atoms with Crippen LogP contribution in [0, 0.1) is 12.8 Å². The Morgan fingerprint density at radius 1 is 1.19 bits per heavy atom. The number of nitrogens with zero attached hydrogens (tertiary/aromatic N) is 6. The molecule has 3 heterocycles. The molecule has 3 N–H and O–H groups in total. The van der Waals surface area contributed by atoms with Gasteiger partial charge in [-0.05, 0) is 56.9 Å². The maximum absolute atomic E-state index is 11.4. The molecule has 1 fully saturated rings. The Morgan fingerprint density at radius 2 is 2.03 bits per heavy atom. The molecule has 192 valence electrons. The number of aryl methyl sites for hydroxylation is 2. The lowest BCUT2D eigenvalue weighted by Crippen LogP contribution is -2.29. The fourth-order valence-corrected chi connectivity index (χ4v) is 4.96. The summed E-state index contributed by atoms with van der Waals surface area (Å²) in [5.74, 6) is 0.0706. The second-order valence-corrected chi connectivity index (χ2v) is 9.75. The first-order valence-corrected chi connectivity index (χ1v) is 12.9. The van der Waals surface area contributed by atoms with Crippen LogP contribution in [0.5, 0.6) is 5.75 Å². The van der Waals surface area contributed by atoms with Crippen LogP contribution in [0.25, 0.3) is 11.4 Å². The van der Waals surface area contributed by atoms with Gasteiger partial charge in [-0.15, -0.1) is 5.10 Å². The lowest BCUT2D eigenvalue weighted by molar-refractivity contribution is -0.143. The summed E-state index contributed by atoms with van der Waals surface area (Å²) in [6, 6.07) is 13.5. The van der Waals surface area contributed by atoms with Gasteiger partial charge in [-0.2, -0.15) is 9.36 Å². The zero-order valence-corrected chi connectivity index (χ0v) is 21.4. The molecule has 5 rings (SSSR count). The van der Waals surface area contributed by atoms with E-state index in [2.05, 4.69) is 30.3 Å². The van der Waals surface area contributed by atoms with E-state index in [-0.39, 0.29) is 12.0 Å². The maximum atomic E-state index is 11.4. The van der Waals surface area contributed by atoms with Gasteiger partial charge >= 0.3 is 5.97 Å². The SMILES string of the molecule is Cc1nc(-c2nnn(C)c2CNc2nsc(Nc3ccccc3)n2)ccc1O[C@H]1CCC[C@H](C(=O)O)C1. The van der Waals surface area contributed by atoms with Crippen molar-refractivity contribution in [3.63, 3.8) is 0 Å². The summed E-state index contributed by atoms with van der Waals surface area (Å²) in [6.45, 7) is 2.29. The van der Waals surface area contributed by atoms with Crippen LogP contribution in [-0.4, -0.2) is 46.5 Å². The van der Waals surface area contributed by atoms with Crippen LogP contribution in [0.4, 0.5) is 16.8 Å². The Balaban J connectivity index is 1.25. The predicted octanol–water partition coefficient (Wildman–Crippen LogP) is 4.41. The number of carbonyl (C=O) groups is 1. The zero-order valence-electron chi connectivity index (χ0n) is 20.6. The molecule has 1 aliphatic rings. The third-order valence-electron chi connectivity index (χ3n) is 6.36. The van der Waals surface area contributed by atoms with Gasteiger partial charge in [0, 0.05) is 24.3 Å². The minimum absolute atomic E-state index is 0.121.